The Labute approximate surface area is 241 Å². The van der Waals surface area contributed by atoms with E-state index in [1.54, 1.807) is 6.92 Å². The van der Waals surface area contributed by atoms with Gasteiger partial charge in [-0.15, -0.1) is 0 Å². The monoisotopic (exact) mass is 641 g/mol. The quantitative estimate of drug-likeness (QED) is 0.104. The van der Waals surface area contributed by atoms with Crippen molar-refractivity contribution in [2.75, 3.05) is 26.0 Å². The second kappa shape index (κ2) is 16.1. The smallest absolute Gasteiger partial charge is 0.437 e. The standard InChI is InChI=1S/C24H59NO7Si6/c1-22(2)24(26)25-19-23(29-38(15,28-21-33(3)4)32-36(11,12)13)20-27-17-16-18-37(14,30-34(5,6)7)31-35(8,9)10/h23,33H,1,16-21H2,2-15H3,(H,25,26). The second-order valence-electron chi connectivity index (χ2n) is 13.8. The van der Waals surface area contributed by atoms with Crippen molar-refractivity contribution in [2.24, 2.45) is 0 Å². The molecule has 0 aromatic carbocycles. The Hall–Kier alpha value is 0.271. The summed E-state index contributed by atoms with van der Waals surface area (Å²) in [7, 11) is -11.6. The Kier molecular flexibility index (Phi) is 16.2. The highest BCUT2D eigenvalue weighted by Gasteiger charge is 2.42. The van der Waals surface area contributed by atoms with Crippen molar-refractivity contribution in [2.45, 2.75) is 111 Å². The summed E-state index contributed by atoms with van der Waals surface area (Å²) in [6, 6.07) is 0.882. The van der Waals surface area contributed by atoms with Crippen LogP contribution >= 0.6 is 0 Å². The summed E-state index contributed by atoms with van der Waals surface area (Å²) in [6.45, 7) is 35.0. The number of carbonyl (C=O) groups is 1. The van der Waals surface area contributed by atoms with Crippen LogP contribution < -0.4 is 5.32 Å². The number of nitrogens with one attached hydrogen (secondary N) is 1. The lowest BCUT2D eigenvalue weighted by Crippen LogP contribution is -2.55. The normalized spacial score (nSPS) is 15.9. The van der Waals surface area contributed by atoms with Gasteiger partial charge in [-0.3, -0.25) is 4.79 Å². The summed E-state index contributed by atoms with van der Waals surface area (Å²) < 4.78 is 38.6. The van der Waals surface area contributed by atoms with Crippen molar-refractivity contribution >= 4 is 57.0 Å². The van der Waals surface area contributed by atoms with Crippen LogP contribution in [0.1, 0.15) is 13.3 Å². The van der Waals surface area contributed by atoms with Gasteiger partial charge in [0.05, 0.1) is 21.5 Å². The van der Waals surface area contributed by atoms with Gasteiger partial charge in [0.2, 0.25) is 5.91 Å². The van der Waals surface area contributed by atoms with Crippen LogP contribution in [0.3, 0.4) is 0 Å². The van der Waals surface area contributed by atoms with E-state index in [0.717, 1.165) is 12.5 Å². The first kappa shape index (κ1) is 38.3. The van der Waals surface area contributed by atoms with Crippen LogP contribution in [0, 0.1) is 0 Å². The molecule has 0 bridgehead atoms. The van der Waals surface area contributed by atoms with Gasteiger partial charge in [0, 0.05) is 31.5 Å². The first-order chi connectivity index (χ1) is 16.9. The molecule has 0 fully saturated rings. The maximum absolute atomic E-state index is 12.2. The van der Waals surface area contributed by atoms with Gasteiger partial charge >= 0.3 is 17.4 Å². The van der Waals surface area contributed by atoms with Crippen LogP contribution in [-0.2, 0) is 30.7 Å². The van der Waals surface area contributed by atoms with Crippen molar-refractivity contribution in [1.29, 1.82) is 0 Å². The second-order valence-corrected chi connectivity index (χ2v) is 37.0. The SMILES string of the molecule is C=C(C)C(=O)NCC(COCCC[Si](C)(O[Si](C)(C)C)O[Si](C)(C)C)O[Si](C)(OC[SiH](C)C)O[Si](C)(C)C. The molecule has 1 amide bonds. The molecule has 0 aromatic rings. The van der Waals surface area contributed by atoms with E-state index in [-0.39, 0.29) is 12.0 Å². The molecule has 2 atom stereocenters. The highest BCUT2D eigenvalue weighted by Crippen LogP contribution is 2.25. The van der Waals surface area contributed by atoms with Gasteiger partial charge in [0.1, 0.15) is 0 Å². The van der Waals surface area contributed by atoms with Crippen molar-refractivity contribution in [3.05, 3.63) is 12.2 Å². The van der Waals surface area contributed by atoms with Gasteiger partial charge in [0.25, 0.3) is 0 Å². The molecule has 0 heterocycles. The van der Waals surface area contributed by atoms with Crippen LogP contribution in [0.2, 0.25) is 91.2 Å². The maximum atomic E-state index is 12.2. The fraction of sp³-hybridized carbons (Fsp3) is 0.875. The number of amides is 1. The van der Waals surface area contributed by atoms with Crippen LogP contribution in [0.4, 0.5) is 0 Å². The Balaban J connectivity index is 5.37. The molecule has 0 rings (SSSR count). The fourth-order valence-corrected chi connectivity index (χ4v) is 24.6. The minimum Gasteiger partial charge on any atom is -0.437 e. The summed E-state index contributed by atoms with van der Waals surface area (Å²) >= 11 is 0. The van der Waals surface area contributed by atoms with Gasteiger partial charge in [0.15, 0.2) is 25.0 Å². The maximum Gasteiger partial charge on any atom is 0.487 e. The molecule has 0 spiro atoms. The van der Waals surface area contributed by atoms with Gasteiger partial charge in [-0.05, 0) is 84.9 Å². The summed E-state index contributed by atoms with van der Waals surface area (Å²) in [5, 5.41) is 2.91. The molecule has 0 aliphatic heterocycles. The van der Waals surface area contributed by atoms with E-state index in [4.69, 9.17) is 25.9 Å². The molecule has 0 aromatic heterocycles. The zero-order chi connectivity index (χ0) is 30.0. The molecule has 1 N–H and O–H groups in total. The molecule has 226 valence electrons. The van der Waals surface area contributed by atoms with Gasteiger partial charge in [-0.25, -0.2) is 0 Å². The lowest BCUT2D eigenvalue weighted by molar-refractivity contribution is -0.118. The Morgan fingerprint density at radius 2 is 1.37 bits per heavy atom. The van der Waals surface area contributed by atoms with Gasteiger partial charge in [-0.2, -0.15) is 0 Å². The molecular formula is C24H59NO7Si6. The van der Waals surface area contributed by atoms with Crippen molar-refractivity contribution in [1.82, 2.24) is 5.32 Å². The van der Waals surface area contributed by atoms with Crippen molar-refractivity contribution < 1.29 is 30.7 Å². The number of hydrogen-bond donors (Lipinski definition) is 1. The van der Waals surface area contributed by atoms with Crippen LogP contribution in [-0.4, -0.2) is 89.1 Å². The van der Waals surface area contributed by atoms with Gasteiger partial charge < -0.3 is 31.3 Å². The molecule has 38 heavy (non-hydrogen) atoms. The third-order valence-corrected chi connectivity index (χ3v) is 20.9. The summed E-state index contributed by atoms with van der Waals surface area (Å²) in [5.41, 5.74) is 0.458. The predicted molar refractivity (Wildman–Crippen MR) is 174 cm³/mol. The first-order valence-electron chi connectivity index (χ1n) is 13.9. The summed E-state index contributed by atoms with van der Waals surface area (Å²) in [4.78, 5) is 12.2. The zero-order valence-corrected chi connectivity index (χ0v) is 33.1. The number of hydrogen-bond acceptors (Lipinski definition) is 7. The van der Waals surface area contributed by atoms with Crippen LogP contribution in [0.5, 0.6) is 0 Å². The fourth-order valence-electron chi connectivity index (χ4n) is 3.88. The van der Waals surface area contributed by atoms with E-state index in [1.165, 1.54) is 0 Å². The molecule has 0 radical (unpaired) electrons. The van der Waals surface area contributed by atoms with Crippen molar-refractivity contribution in [3.8, 4) is 0 Å². The average molecular weight is 642 g/mol. The van der Waals surface area contributed by atoms with Crippen molar-refractivity contribution in [3.63, 3.8) is 0 Å². The largest absolute Gasteiger partial charge is 0.487 e. The molecule has 0 saturated heterocycles. The van der Waals surface area contributed by atoms with Crippen LogP contribution in [0.15, 0.2) is 12.2 Å². The highest BCUT2D eigenvalue weighted by atomic mass is 28.5. The Bertz CT molecular complexity index is 721. The molecule has 0 aliphatic rings. The first-order valence-corrected chi connectivity index (χ1v) is 32.0. The van der Waals surface area contributed by atoms with E-state index in [2.05, 4.69) is 90.5 Å². The number of ether oxygens (including phenoxy) is 1. The average Bonchev–Trinajstić information content (AvgIpc) is 2.65. The summed E-state index contributed by atoms with van der Waals surface area (Å²) in [5.74, 6) is -0.197. The minimum absolute atomic E-state index is 0.197. The minimum atomic E-state index is -2.94. The van der Waals surface area contributed by atoms with E-state index in [1.807, 2.05) is 6.55 Å². The Morgan fingerprint density at radius 3 is 1.79 bits per heavy atom. The number of rotatable bonds is 20. The molecular weight excluding hydrogens is 583 g/mol. The molecule has 0 aliphatic carbocycles. The highest BCUT2D eigenvalue weighted by molar-refractivity contribution is 6.87. The molecule has 8 nitrogen and oxygen atoms in total. The number of carbonyl (C=O) groups excluding carboxylic acids is 1. The van der Waals surface area contributed by atoms with Crippen LogP contribution in [0.25, 0.3) is 0 Å². The lowest BCUT2D eigenvalue weighted by atomic mass is 10.3. The van der Waals surface area contributed by atoms with E-state index < -0.39 is 51.1 Å². The van der Waals surface area contributed by atoms with E-state index >= 15 is 0 Å². The topological polar surface area (TPSA) is 84.5 Å². The molecule has 14 heteroatoms. The van der Waals surface area contributed by atoms with E-state index in [0.29, 0.717) is 31.6 Å². The lowest BCUT2D eigenvalue weighted by Gasteiger charge is -2.38. The zero-order valence-electron chi connectivity index (χ0n) is 27.0. The van der Waals surface area contributed by atoms with Gasteiger partial charge in [-0.1, -0.05) is 19.7 Å². The third kappa shape index (κ3) is 20.2. The molecule has 2 unspecified atom stereocenters. The van der Waals surface area contributed by atoms with E-state index in [9.17, 15) is 4.79 Å². The third-order valence-electron chi connectivity index (χ3n) is 4.70. The Morgan fingerprint density at radius 1 is 0.868 bits per heavy atom. The molecule has 0 saturated carbocycles. The summed E-state index contributed by atoms with van der Waals surface area (Å²) in [6.07, 6.45) is 1.15. The predicted octanol–water partition coefficient (Wildman–Crippen LogP) is 5.71.